The van der Waals surface area contributed by atoms with Gasteiger partial charge in [0, 0.05) is 36.4 Å². The fourth-order valence-corrected chi connectivity index (χ4v) is 11.6. The van der Waals surface area contributed by atoms with Crippen LogP contribution in [0.25, 0.3) is 11.1 Å². The maximum absolute atomic E-state index is 13.8. The molecule has 0 fully saturated rings. The van der Waals surface area contributed by atoms with Crippen molar-refractivity contribution in [1.82, 2.24) is 0 Å². The molecule has 332 valence electrons. The number of carboxylic acid groups (broad SMARTS) is 2. The van der Waals surface area contributed by atoms with Gasteiger partial charge in [-0.3, -0.25) is 9.13 Å². The van der Waals surface area contributed by atoms with E-state index in [1.54, 1.807) is 50.3 Å². The van der Waals surface area contributed by atoms with Gasteiger partial charge in [0.1, 0.15) is 11.6 Å². The topological polar surface area (TPSA) is 195 Å². The van der Waals surface area contributed by atoms with Gasteiger partial charge in [-0.1, -0.05) is 79.7 Å². The zero-order chi connectivity index (χ0) is 45.8. The quantitative estimate of drug-likeness (QED) is 0.161. The van der Waals surface area contributed by atoms with Crippen LogP contribution in [0.15, 0.2) is 71.3 Å². The molecule has 4 N–H and O–H groups in total. The van der Waals surface area contributed by atoms with Gasteiger partial charge in [0.15, 0.2) is 0 Å². The average Bonchev–Trinajstić information content (AvgIpc) is 3.03. The molecule has 0 aliphatic heterocycles. The van der Waals surface area contributed by atoms with E-state index in [0.717, 1.165) is 59.1 Å². The van der Waals surface area contributed by atoms with Crippen molar-refractivity contribution < 1.29 is 95.4 Å². The Balaban J connectivity index is 0.000000601. The second kappa shape index (κ2) is 22.3. The molecule has 2 aliphatic carbocycles. The Morgan fingerprint density at radius 1 is 0.661 bits per heavy atom. The van der Waals surface area contributed by atoms with Crippen molar-refractivity contribution in [2.24, 2.45) is 21.7 Å². The van der Waals surface area contributed by atoms with Gasteiger partial charge < -0.3 is 39.8 Å². The second-order valence-corrected chi connectivity index (χ2v) is 23.8. The number of benzene rings is 2. The molecule has 0 amide bonds. The Morgan fingerprint density at radius 3 is 1.24 bits per heavy atom. The van der Waals surface area contributed by atoms with Crippen LogP contribution in [0.4, 0.5) is 8.78 Å². The molecule has 0 heterocycles. The number of aliphatic hydroxyl groups is 2. The number of carboxylic acids is 2. The molecule has 0 saturated carbocycles. The van der Waals surface area contributed by atoms with Gasteiger partial charge in [0.25, 0.3) is 0 Å². The maximum Gasteiger partial charge on any atom is 1.00 e. The number of hydrogen-bond acceptors (Lipinski definition) is 8. The number of rotatable bonds is 14. The minimum atomic E-state index is -3.91. The van der Waals surface area contributed by atoms with Crippen LogP contribution >= 0.6 is 14.7 Å². The van der Waals surface area contributed by atoms with Gasteiger partial charge in [-0.25, -0.2) is 8.78 Å². The fraction of sp³-hybridized carbons (Fsp3) is 0.522. The standard InChI is InChI=1S/2C23H32FO5P.2Li/c2*1-15-10-16(6-7-20(15)24)18-12-22(2,3)14-23(4,5)19(18)8-9-30(28,29)13-17(25)11-21(26)27;;/h2*6-10,17,25H,11-14H2,1-5H3,(H,26,27)(H,28,29);;/q;;2*+1/p-2/t2*17-;;/m00../s1. The Kier molecular flexibility index (Phi) is 20.7. The number of hydrogen-bond donors (Lipinski definition) is 4. The summed E-state index contributed by atoms with van der Waals surface area (Å²) in [6.07, 6.45) is 0.994. The van der Waals surface area contributed by atoms with Crippen molar-refractivity contribution in [1.29, 1.82) is 0 Å². The first-order valence-corrected chi connectivity index (χ1v) is 23.8. The summed E-state index contributed by atoms with van der Waals surface area (Å²) in [5.41, 5.74) is 5.94. The normalized spacial score (nSPS) is 20.8. The predicted molar refractivity (Wildman–Crippen MR) is 229 cm³/mol. The molecule has 2 aromatic rings. The summed E-state index contributed by atoms with van der Waals surface area (Å²) in [5.74, 6) is -1.16. The second-order valence-electron chi connectivity index (χ2n) is 19.5. The summed E-state index contributed by atoms with van der Waals surface area (Å²) in [6, 6.07) is 9.90. The first kappa shape index (κ1) is 57.7. The minimum Gasteiger partial charge on any atom is -0.550 e. The molecule has 4 rings (SSSR count). The van der Waals surface area contributed by atoms with E-state index in [2.05, 4.69) is 55.4 Å². The molecular formula is C46H62F2Li2O10P2. The molecule has 4 atom stereocenters. The third-order valence-electron chi connectivity index (χ3n) is 11.0. The van der Waals surface area contributed by atoms with E-state index in [-0.39, 0.29) is 71.0 Å². The van der Waals surface area contributed by atoms with E-state index >= 15 is 0 Å². The molecule has 10 nitrogen and oxygen atoms in total. The zero-order valence-corrected chi connectivity index (χ0v) is 40.3. The molecule has 0 radical (unpaired) electrons. The van der Waals surface area contributed by atoms with Crippen LogP contribution in [0.2, 0.25) is 0 Å². The number of aliphatic hydroxyl groups excluding tert-OH is 2. The SMILES string of the molecule is Cc1cc(C2=C(C=CP(=O)(O)C[C@@H](O)CC(=O)[O-])C(C)(C)CC(C)(C)C2)ccc1F.Cc1cc(C2=C(C=CP(=O)(O)C[C@@H](O)CC(=O)[O-])C(C)(C)CC(C)(C)C2)ccc1F.[Li+].[Li+]. The van der Waals surface area contributed by atoms with E-state index in [0.29, 0.717) is 11.1 Å². The van der Waals surface area contributed by atoms with Crippen molar-refractivity contribution >= 4 is 37.8 Å². The van der Waals surface area contributed by atoms with E-state index in [1.807, 2.05) is 0 Å². The fourth-order valence-electron chi connectivity index (χ4n) is 9.13. The van der Waals surface area contributed by atoms with Crippen LogP contribution in [-0.4, -0.2) is 56.5 Å². The van der Waals surface area contributed by atoms with Gasteiger partial charge in [0.2, 0.25) is 14.7 Å². The summed E-state index contributed by atoms with van der Waals surface area (Å²) in [4.78, 5) is 41.7. The summed E-state index contributed by atoms with van der Waals surface area (Å²) in [5, 5.41) is 40.6. The van der Waals surface area contributed by atoms with Crippen LogP contribution in [0, 0.1) is 47.1 Å². The molecule has 62 heavy (non-hydrogen) atoms. The Morgan fingerprint density at radius 2 is 0.968 bits per heavy atom. The summed E-state index contributed by atoms with van der Waals surface area (Å²) in [6.45, 7) is 20.3. The monoisotopic (exact) mass is 888 g/mol. The van der Waals surface area contributed by atoms with Crippen molar-refractivity contribution in [2.75, 3.05) is 12.3 Å². The van der Waals surface area contributed by atoms with E-state index < -0.39 is 64.0 Å². The third-order valence-corrected chi connectivity index (χ3v) is 14.1. The summed E-state index contributed by atoms with van der Waals surface area (Å²) >= 11 is 0. The smallest absolute Gasteiger partial charge is 0.550 e. The minimum absolute atomic E-state index is 0. The van der Waals surface area contributed by atoms with Gasteiger partial charge in [-0.05, 0) is 130 Å². The van der Waals surface area contributed by atoms with Crippen molar-refractivity contribution in [3.05, 3.63) is 105 Å². The van der Waals surface area contributed by atoms with Gasteiger partial charge in [-0.15, -0.1) is 0 Å². The maximum atomic E-state index is 13.8. The van der Waals surface area contributed by atoms with E-state index in [9.17, 15) is 57.7 Å². The number of carbonyl (C=O) groups excluding carboxylic acids is 2. The number of aryl methyl sites for hydroxylation is 2. The van der Waals surface area contributed by atoms with Gasteiger partial charge in [0.05, 0.1) is 24.5 Å². The molecule has 2 unspecified atom stereocenters. The number of allylic oxidation sites excluding steroid dienone is 6. The first-order valence-electron chi connectivity index (χ1n) is 20.0. The zero-order valence-electron chi connectivity index (χ0n) is 38.5. The van der Waals surface area contributed by atoms with Gasteiger partial charge >= 0.3 is 37.7 Å². The van der Waals surface area contributed by atoms with Crippen molar-refractivity contribution in [3.8, 4) is 0 Å². The van der Waals surface area contributed by atoms with Crippen molar-refractivity contribution in [3.63, 3.8) is 0 Å². The number of aliphatic carboxylic acids is 2. The number of halogens is 2. The molecule has 0 bridgehead atoms. The summed E-state index contributed by atoms with van der Waals surface area (Å²) < 4.78 is 52.7. The number of carbonyl (C=O) groups is 2. The third kappa shape index (κ3) is 17.2. The largest absolute Gasteiger partial charge is 1.00 e. The van der Waals surface area contributed by atoms with Crippen LogP contribution in [0.1, 0.15) is 116 Å². The molecule has 2 aliphatic rings. The Hall–Kier alpha value is -2.31. The first-order chi connectivity index (χ1) is 27.2. The molecule has 0 spiro atoms. The molecule has 0 aromatic heterocycles. The van der Waals surface area contributed by atoms with E-state index in [1.165, 1.54) is 23.8 Å². The van der Waals surface area contributed by atoms with Crippen LogP contribution in [0.3, 0.4) is 0 Å². The average molecular weight is 889 g/mol. The predicted octanol–water partition coefficient (Wildman–Crippen LogP) is 2.05. The van der Waals surface area contributed by atoms with Crippen molar-refractivity contribution in [2.45, 2.75) is 120 Å². The van der Waals surface area contributed by atoms with Crippen LogP contribution in [0.5, 0.6) is 0 Å². The van der Waals surface area contributed by atoms with Gasteiger partial charge in [-0.2, -0.15) is 0 Å². The Labute approximate surface area is 390 Å². The Bertz CT molecular complexity index is 2020. The molecular weight excluding hydrogens is 826 g/mol. The van der Waals surface area contributed by atoms with Crippen LogP contribution < -0.4 is 47.9 Å². The molecule has 0 saturated heterocycles. The summed E-state index contributed by atoms with van der Waals surface area (Å²) in [7, 11) is -7.82. The van der Waals surface area contributed by atoms with Crippen LogP contribution in [-0.2, 0) is 18.7 Å². The molecule has 2 aromatic carbocycles. The molecule has 16 heteroatoms. The van der Waals surface area contributed by atoms with E-state index in [4.69, 9.17) is 0 Å².